The van der Waals surface area contributed by atoms with E-state index in [2.05, 4.69) is 20.3 Å². The number of pyridine rings is 2. The predicted octanol–water partition coefficient (Wildman–Crippen LogP) is 4.26. The second kappa shape index (κ2) is 8.76. The molecule has 1 aromatic carbocycles. The van der Waals surface area contributed by atoms with Crippen molar-refractivity contribution in [2.75, 3.05) is 5.32 Å². The zero-order valence-electron chi connectivity index (χ0n) is 17.4. The second-order valence-electron chi connectivity index (χ2n) is 7.22. The van der Waals surface area contributed by atoms with E-state index >= 15 is 0 Å². The van der Waals surface area contributed by atoms with E-state index in [0.29, 0.717) is 5.69 Å². The lowest BCUT2D eigenvalue weighted by atomic mass is 10.1. The number of aryl methyl sites for hydroxylation is 2. The van der Waals surface area contributed by atoms with E-state index in [1.165, 1.54) is 10.6 Å². The van der Waals surface area contributed by atoms with Crippen molar-refractivity contribution in [2.45, 2.75) is 20.4 Å². The fraction of sp³-hybridized carbons (Fsp3) is 0.136. The molecule has 0 unspecified atom stereocenters. The Morgan fingerprint density at radius 2 is 1.91 bits per heavy atom. The highest BCUT2D eigenvalue weighted by Crippen LogP contribution is 2.31. The first-order valence-corrected chi connectivity index (χ1v) is 10.4. The zero-order chi connectivity index (χ0) is 23.9. The van der Waals surface area contributed by atoms with E-state index in [9.17, 15) is 19.1 Å². The molecule has 11 heteroatoms. The number of aromatic nitrogens is 4. The van der Waals surface area contributed by atoms with Crippen LogP contribution in [0.25, 0.3) is 10.9 Å². The number of aromatic hydroxyl groups is 1. The highest BCUT2D eigenvalue weighted by Gasteiger charge is 2.20. The number of fused-ring (bicyclic) bond motifs is 1. The molecule has 4 aromatic rings. The minimum Gasteiger partial charge on any atom is -0.504 e. The largest absolute Gasteiger partial charge is 0.504 e. The number of carbonyl (C=O) groups excluding carboxylic acids is 1. The number of hydrogen-bond donors (Lipinski definition) is 2. The van der Waals surface area contributed by atoms with Crippen molar-refractivity contribution < 1.29 is 14.3 Å². The van der Waals surface area contributed by atoms with Gasteiger partial charge in [-0.3, -0.25) is 19.1 Å². The van der Waals surface area contributed by atoms with Gasteiger partial charge in [-0.25, -0.2) is 14.4 Å². The number of nitrogens with one attached hydrogen (secondary N) is 1. The molecule has 0 radical (unpaired) electrons. The molecule has 8 nitrogen and oxygen atoms in total. The fourth-order valence-electron chi connectivity index (χ4n) is 3.32. The number of halogens is 3. The number of amides is 1. The van der Waals surface area contributed by atoms with E-state index < -0.39 is 23.0 Å². The minimum absolute atomic E-state index is 0.0296. The van der Waals surface area contributed by atoms with Gasteiger partial charge in [0.1, 0.15) is 22.9 Å². The molecule has 2 N–H and O–H groups in total. The minimum atomic E-state index is -0.765. The van der Waals surface area contributed by atoms with Gasteiger partial charge in [-0.05, 0) is 44.2 Å². The highest BCUT2D eigenvalue weighted by atomic mass is 35.5. The molecule has 0 aliphatic rings. The van der Waals surface area contributed by atoms with Crippen LogP contribution in [0.2, 0.25) is 10.2 Å². The average molecular weight is 488 g/mol. The van der Waals surface area contributed by atoms with Crippen LogP contribution in [0.3, 0.4) is 0 Å². The molecule has 0 aliphatic carbocycles. The summed E-state index contributed by atoms with van der Waals surface area (Å²) in [5, 5.41) is 11.5. The van der Waals surface area contributed by atoms with Crippen molar-refractivity contribution in [3.8, 4) is 5.75 Å². The van der Waals surface area contributed by atoms with E-state index in [1.54, 1.807) is 13.0 Å². The molecule has 1 amide bonds. The molecule has 0 spiro atoms. The Bertz CT molecular complexity index is 1470. The van der Waals surface area contributed by atoms with E-state index in [-0.39, 0.29) is 44.8 Å². The molecule has 0 atom stereocenters. The Kier molecular flexibility index (Phi) is 6.01. The molecule has 168 valence electrons. The number of hydrogen-bond acceptors (Lipinski definition) is 6. The average Bonchev–Trinajstić information content (AvgIpc) is 2.76. The predicted molar refractivity (Wildman–Crippen MR) is 123 cm³/mol. The van der Waals surface area contributed by atoms with Crippen LogP contribution in [0, 0.1) is 19.7 Å². The molecule has 33 heavy (non-hydrogen) atoms. The summed E-state index contributed by atoms with van der Waals surface area (Å²) in [6, 6.07) is 8.89. The zero-order valence-corrected chi connectivity index (χ0v) is 18.9. The van der Waals surface area contributed by atoms with Gasteiger partial charge >= 0.3 is 0 Å². The van der Waals surface area contributed by atoms with Crippen molar-refractivity contribution in [3.63, 3.8) is 0 Å². The van der Waals surface area contributed by atoms with Gasteiger partial charge < -0.3 is 10.4 Å². The van der Waals surface area contributed by atoms with Crippen molar-refractivity contribution >= 4 is 45.7 Å². The van der Waals surface area contributed by atoms with Gasteiger partial charge in [-0.2, -0.15) is 0 Å². The summed E-state index contributed by atoms with van der Waals surface area (Å²) in [5.41, 5.74) is 0.501. The number of benzene rings is 1. The van der Waals surface area contributed by atoms with Crippen LogP contribution >= 0.6 is 23.2 Å². The van der Waals surface area contributed by atoms with Crippen LogP contribution in [0.1, 0.15) is 27.7 Å². The molecule has 0 aliphatic heterocycles. The molecule has 0 saturated heterocycles. The fourth-order valence-corrected chi connectivity index (χ4v) is 3.75. The molecular formula is C22H16Cl2FN5O3. The Balaban J connectivity index is 1.81. The third-order valence-corrected chi connectivity index (χ3v) is 5.45. The lowest BCUT2D eigenvalue weighted by Gasteiger charge is -2.14. The number of anilines is 1. The first-order valence-electron chi connectivity index (χ1n) is 9.64. The summed E-state index contributed by atoms with van der Waals surface area (Å²) < 4.78 is 15.9. The molecule has 3 aromatic heterocycles. The molecule has 3 heterocycles. The van der Waals surface area contributed by atoms with Gasteiger partial charge in [0.15, 0.2) is 10.9 Å². The molecule has 4 rings (SSSR count). The molecule has 0 fully saturated rings. The standard InChI is InChI=1S/C22H16Cl2FN5O3/c1-10-4-3-5-12(26-10)9-30-11(2)27-18-14(25)6-7-15(17(18)22(30)33)29-21(32)16-8-13(23)19(31)20(24)28-16/h3-8,31H,9H2,1-2H3,(H,29,32). The summed E-state index contributed by atoms with van der Waals surface area (Å²) in [4.78, 5) is 38.5. The summed E-state index contributed by atoms with van der Waals surface area (Å²) >= 11 is 11.6. The summed E-state index contributed by atoms with van der Waals surface area (Å²) in [6.07, 6.45) is 0. The molecule has 0 saturated carbocycles. The lowest BCUT2D eigenvalue weighted by Crippen LogP contribution is -2.26. The quantitative estimate of drug-likeness (QED) is 0.416. The van der Waals surface area contributed by atoms with Gasteiger partial charge in [0, 0.05) is 5.69 Å². The van der Waals surface area contributed by atoms with Crippen LogP contribution < -0.4 is 10.9 Å². The maximum Gasteiger partial charge on any atom is 0.274 e. The monoisotopic (exact) mass is 487 g/mol. The van der Waals surface area contributed by atoms with E-state index in [4.69, 9.17) is 23.2 Å². The summed E-state index contributed by atoms with van der Waals surface area (Å²) in [5.74, 6) is -1.65. The van der Waals surface area contributed by atoms with Crippen LogP contribution in [0.4, 0.5) is 10.1 Å². The smallest absolute Gasteiger partial charge is 0.274 e. The Morgan fingerprint density at radius 3 is 2.61 bits per heavy atom. The normalized spacial score (nSPS) is 11.1. The molecule has 0 bridgehead atoms. The Morgan fingerprint density at radius 1 is 1.15 bits per heavy atom. The number of nitrogens with zero attached hydrogens (tertiary/aromatic N) is 4. The Labute approximate surface area is 196 Å². The van der Waals surface area contributed by atoms with Crippen molar-refractivity contribution in [1.29, 1.82) is 0 Å². The third kappa shape index (κ3) is 4.37. The second-order valence-corrected chi connectivity index (χ2v) is 7.99. The van der Waals surface area contributed by atoms with Crippen LogP contribution in [0.15, 0.2) is 41.2 Å². The van der Waals surface area contributed by atoms with Crippen LogP contribution in [-0.4, -0.2) is 30.5 Å². The van der Waals surface area contributed by atoms with Crippen molar-refractivity contribution in [3.05, 3.63) is 85.7 Å². The number of rotatable bonds is 4. The van der Waals surface area contributed by atoms with Crippen molar-refractivity contribution in [2.24, 2.45) is 0 Å². The lowest BCUT2D eigenvalue weighted by molar-refractivity contribution is 0.102. The van der Waals surface area contributed by atoms with Gasteiger partial charge in [-0.1, -0.05) is 29.3 Å². The topological polar surface area (TPSA) is 110 Å². The van der Waals surface area contributed by atoms with Gasteiger partial charge in [0.05, 0.1) is 28.3 Å². The van der Waals surface area contributed by atoms with Gasteiger partial charge in [0.2, 0.25) is 0 Å². The SMILES string of the molecule is Cc1cccc(Cn2c(C)nc3c(F)ccc(NC(=O)c4cc(Cl)c(O)c(Cl)n4)c3c2=O)n1. The van der Waals surface area contributed by atoms with E-state index in [0.717, 1.165) is 17.8 Å². The first-order chi connectivity index (χ1) is 15.7. The highest BCUT2D eigenvalue weighted by molar-refractivity contribution is 6.36. The maximum absolute atomic E-state index is 14.5. The van der Waals surface area contributed by atoms with Gasteiger partial charge in [0.25, 0.3) is 11.5 Å². The summed E-state index contributed by atoms with van der Waals surface area (Å²) in [7, 11) is 0. The van der Waals surface area contributed by atoms with Crippen molar-refractivity contribution in [1.82, 2.24) is 19.5 Å². The molecular weight excluding hydrogens is 472 g/mol. The maximum atomic E-state index is 14.5. The van der Waals surface area contributed by atoms with Crippen LogP contribution in [0.5, 0.6) is 5.75 Å². The van der Waals surface area contributed by atoms with E-state index in [1.807, 2.05) is 19.1 Å². The number of carbonyl (C=O) groups is 1. The third-order valence-electron chi connectivity index (χ3n) is 4.90. The summed E-state index contributed by atoms with van der Waals surface area (Å²) in [6.45, 7) is 3.53. The Hall–Kier alpha value is -3.56. The van der Waals surface area contributed by atoms with Crippen LogP contribution in [-0.2, 0) is 6.54 Å². The van der Waals surface area contributed by atoms with Gasteiger partial charge in [-0.15, -0.1) is 0 Å². The first kappa shape index (κ1) is 22.6.